The van der Waals surface area contributed by atoms with Crippen LogP contribution in [-0.4, -0.2) is 48.5 Å². The second-order valence-electron chi connectivity index (χ2n) is 7.33. The number of imide groups is 1. The fourth-order valence-corrected chi connectivity index (χ4v) is 3.73. The summed E-state index contributed by atoms with van der Waals surface area (Å²) < 4.78 is 5.11. The number of rotatable bonds is 5. The van der Waals surface area contributed by atoms with Gasteiger partial charge in [-0.15, -0.1) is 0 Å². The number of hydrogen-bond donors (Lipinski definition) is 1. The molecule has 3 amide bonds. The topological polar surface area (TPSA) is 104 Å². The molecular formula is C21H21N5O4. The quantitative estimate of drug-likeness (QED) is 0.766. The maximum absolute atomic E-state index is 13.0. The van der Waals surface area contributed by atoms with E-state index in [4.69, 9.17) is 4.74 Å². The van der Waals surface area contributed by atoms with E-state index >= 15 is 0 Å². The van der Waals surface area contributed by atoms with E-state index in [2.05, 4.69) is 15.7 Å². The number of nitrogens with one attached hydrogen (secondary N) is 1. The number of methoxy groups -OCH3 is 1. The van der Waals surface area contributed by atoms with Gasteiger partial charge in [-0.05, 0) is 61.4 Å². The summed E-state index contributed by atoms with van der Waals surface area (Å²) in [7, 11) is 1.53. The van der Waals surface area contributed by atoms with Gasteiger partial charge in [0.05, 0.1) is 12.8 Å². The Kier molecular flexibility index (Phi) is 4.94. The van der Waals surface area contributed by atoms with E-state index in [1.54, 1.807) is 24.3 Å². The molecule has 4 rings (SSSR count). The van der Waals surface area contributed by atoms with Crippen LogP contribution in [0.3, 0.4) is 0 Å². The molecule has 2 aliphatic heterocycles. The number of carbonyl (C=O) groups is 3. The highest BCUT2D eigenvalue weighted by molar-refractivity contribution is 6.25. The lowest BCUT2D eigenvalue weighted by Gasteiger charge is -2.20. The minimum absolute atomic E-state index is 0.187. The third-order valence-corrected chi connectivity index (χ3v) is 5.00. The molecule has 0 unspecified atom stereocenters. The van der Waals surface area contributed by atoms with Crippen LogP contribution in [0.4, 0.5) is 11.4 Å². The van der Waals surface area contributed by atoms with Gasteiger partial charge in [0.25, 0.3) is 11.8 Å². The first-order valence-corrected chi connectivity index (χ1v) is 9.45. The molecule has 154 valence electrons. The zero-order valence-corrected chi connectivity index (χ0v) is 16.8. The van der Waals surface area contributed by atoms with Gasteiger partial charge in [0.1, 0.15) is 12.3 Å². The molecule has 0 radical (unpaired) electrons. The average Bonchev–Trinajstić information content (AvgIpc) is 3.21. The van der Waals surface area contributed by atoms with Crippen molar-refractivity contribution in [1.82, 2.24) is 5.01 Å². The van der Waals surface area contributed by atoms with Crippen molar-refractivity contribution in [1.29, 1.82) is 0 Å². The third kappa shape index (κ3) is 3.49. The van der Waals surface area contributed by atoms with Crippen molar-refractivity contribution in [3.05, 3.63) is 53.6 Å². The molecule has 2 heterocycles. The standard InChI is InChI=1S/C21H21N5O4/c1-12-8-13(2)10-14(9-12)22-17(27)11-25-19-18(23-24-25)20(28)26(21(19)29)15-4-6-16(30-3)7-5-15/h4-10,18-19H,11H2,1-3H3,(H,22,27)/t18-,19-/m1/s1. The van der Waals surface area contributed by atoms with Crippen molar-refractivity contribution in [2.75, 3.05) is 23.9 Å². The number of hydrogen-bond acceptors (Lipinski definition) is 7. The number of nitrogens with zero attached hydrogens (tertiary/aromatic N) is 4. The lowest BCUT2D eigenvalue weighted by molar-refractivity contribution is -0.123. The molecule has 0 saturated carbocycles. The molecule has 30 heavy (non-hydrogen) atoms. The summed E-state index contributed by atoms with van der Waals surface area (Å²) in [5, 5.41) is 11.9. The van der Waals surface area contributed by atoms with Crippen molar-refractivity contribution in [3.63, 3.8) is 0 Å². The molecule has 1 fully saturated rings. The predicted octanol–water partition coefficient (Wildman–Crippen LogP) is 2.24. The molecule has 1 saturated heterocycles. The largest absolute Gasteiger partial charge is 0.497 e. The SMILES string of the molecule is COc1ccc(N2C(=O)[C@@H]3N=NN(CC(=O)Nc4cc(C)cc(C)c4)[C@H]3C2=O)cc1. The van der Waals surface area contributed by atoms with Gasteiger partial charge in [0.15, 0.2) is 12.1 Å². The molecule has 9 nitrogen and oxygen atoms in total. The van der Waals surface area contributed by atoms with Crippen molar-refractivity contribution >= 4 is 29.1 Å². The van der Waals surface area contributed by atoms with Gasteiger partial charge in [-0.1, -0.05) is 11.3 Å². The summed E-state index contributed by atoms with van der Waals surface area (Å²) in [6, 6.07) is 10.4. The van der Waals surface area contributed by atoms with Crippen LogP contribution in [-0.2, 0) is 14.4 Å². The van der Waals surface area contributed by atoms with E-state index < -0.39 is 23.9 Å². The molecule has 0 aliphatic carbocycles. The Morgan fingerprint density at radius 2 is 1.73 bits per heavy atom. The Morgan fingerprint density at radius 1 is 1.07 bits per heavy atom. The van der Waals surface area contributed by atoms with E-state index in [-0.39, 0.29) is 12.5 Å². The van der Waals surface area contributed by atoms with E-state index in [1.165, 1.54) is 12.1 Å². The van der Waals surface area contributed by atoms with Crippen LogP contribution in [0.15, 0.2) is 52.8 Å². The molecule has 0 aromatic heterocycles. The summed E-state index contributed by atoms with van der Waals surface area (Å²) in [5.41, 5.74) is 3.14. The van der Waals surface area contributed by atoms with Gasteiger partial charge in [-0.25, -0.2) is 4.90 Å². The number of amides is 3. The van der Waals surface area contributed by atoms with Crippen molar-refractivity contribution < 1.29 is 19.1 Å². The first kappa shape index (κ1) is 19.6. The van der Waals surface area contributed by atoms with Gasteiger partial charge >= 0.3 is 0 Å². The number of fused-ring (bicyclic) bond motifs is 1. The summed E-state index contributed by atoms with van der Waals surface area (Å²) in [6.45, 7) is 3.70. The van der Waals surface area contributed by atoms with Crippen LogP contribution >= 0.6 is 0 Å². The summed E-state index contributed by atoms with van der Waals surface area (Å²) in [5.74, 6) is -0.652. The van der Waals surface area contributed by atoms with Gasteiger partial charge in [0.2, 0.25) is 5.91 Å². The zero-order valence-electron chi connectivity index (χ0n) is 16.8. The van der Waals surface area contributed by atoms with Crippen LogP contribution in [0.2, 0.25) is 0 Å². The Hall–Kier alpha value is -3.75. The average molecular weight is 407 g/mol. The van der Waals surface area contributed by atoms with Gasteiger partial charge in [0, 0.05) is 5.69 Å². The molecule has 9 heteroatoms. The number of anilines is 2. The highest BCUT2D eigenvalue weighted by atomic mass is 16.5. The minimum atomic E-state index is -0.950. The third-order valence-electron chi connectivity index (χ3n) is 5.00. The molecular weight excluding hydrogens is 386 g/mol. The highest BCUT2D eigenvalue weighted by Crippen LogP contribution is 2.32. The normalized spacial score (nSPS) is 20.0. The van der Waals surface area contributed by atoms with Crippen LogP contribution in [0, 0.1) is 13.8 Å². The molecule has 0 bridgehead atoms. The molecule has 2 atom stereocenters. The van der Waals surface area contributed by atoms with E-state index in [0.29, 0.717) is 17.1 Å². The highest BCUT2D eigenvalue weighted by Gasteiger charge is 2.55. The predicted molar refractivity (Wildman–Crippen MR) is 109 cm³/mol. The van der Waals surface area contributed by atoms with E-state index in [0.717, 1.165) is 16.0 Å². The Bertz CT molecular complexity index is 1030. The zero-order chi connectivity index (χ0) is 21.4. The van der Waals surface area contributed by atoms with Gasteiger partial charge < -0.3 is 10.1 Å². The Labute approximate surface area is 173 Å². The number of benzene rings is 2. The summed E-state index contributed by atoms with van der Waals surface area (Å²) in [4.78, 5) is 39.3. The fraction of sp³-hybridized carbons (Fsp3) is 0.286. The molecule has 0 spiro atoms. The summed E-state index contributed by atoms with van der Waals surface area (Å²) in [6.07, 6.45) is 0. The number of carbonyl (C=O) groups excluding carboxylic acids is 3. The number of aryl methyl sites for hydroxylation is 2. The van der Waals surface area contributed by atoms with E-state index in [1.807, 2.05) is 32.0 Å². The van der Waals surface area contributed by atoms with Crippen LogP contribution < -0.4 is 15.0 Å². The van der Waals surface area contributed by atoms with Crippen molar-refractivity contribution in [3.8, 4) is 5.75 Å². The van der Waals surface area contributed by atoms with Gasteiger partial charge in [-0.3, -0.25) is 19.4 Å². The van der Waals surface area contributed by atoms with Crippen LogP contribution in [0.25, 0.3) is 0 Å². The van der Waals surface area contributed by atoms with Crippen LogP contribution in [0.1, 0.15) is 11.1 Å². The first-order valence-electron chi connectivity index (χ1n) is 9.45. The second kappa shape index (κ2) is 7.58. The van der Waals surface area contributed by atoms with Crippen molar-refractivity contribution in [2.45, 2.75) is 25.9 Å². The first-order chi connectivity index (χ1) is 14.4. The Balaban J connectivity index is 1.48. The molecule has 2 aromatic rings. The van der Waals surface area contributed by atoms with E-state index in [9.17, 15) is 14.4 Å². The minimum Gasteiger partial charge on any atom is -0.497 e. The number of ether oxygens (including phenoxy) is 1. The lowest BCUT2D eigenvalue weighted by atomic mass is 10.1. The molecule has 1 N–H and O–H groups in total. The summed E-state index contributed by atoms with van der Waals surface area (Å²) >= 11 is 0. The van der Waals surface area contributed by atoms with Crippen LogP contribution in [0.5, 0.6) is 5.75 Å². The maximum atomic E-state index is 13.0. The van der Waals surface area contributed by atoms with Crippen molar-refractivity contribution in [2.24, 2.45) is 10.3 Å². The smallest absolute Gasteiger partial charge is 0.263 e. The monoisotopic (exact) mass is 407 g/mol. The Morgan fingerprint density at radius 3 is 2.37 bits per heavy atom. The fourth-order valence-electron chi connectivity index (χ4n) is 3.73. The molecule has 2 aliphatic rings. The molecule has 2 aromatic carbocycles. The maximum Gasteiger partial charge on any atom is 0.263 e. The van der Waals surface area contributed by atoms with Gasteiger partial charge in [-0.2, -0.15) is 5.11 Å². The second-order valence-corrected chi connectivity index (χ2v) is 7.33. The lowest BCUT2D eigenvalue weighted by Crippen LogP contribution is -2.43.